The van der Waals surface area contributed by atoms with Gasteiger partial charge in [-0.1, -0.05) is 24.3 Å². The van der Waals surface area contributed by atoms with Crippen molar-refractivity contribution >= 4 is 64.1 Å². The van der Waals surface area contributed by atoms with E-state index in [1.807, 2.05) is 36.5 Å². The first kappa shape index (κ1) is 22.3. The molecule has 0 unspecified atom stereocenters. The van der Waals surface area contributed by atoms with Crippen LogP contribution in [-0.2, 0) is 0 Å². The van der Waals surface area contributed by atoms with Crippen LogP contribution in [0.15, 0.2) is 59.8 Å². The van der Waals surface area contributed by atoms with Crippen LogP contribution in [0.25, 0.3) is 10.9 Å². The van der Waals surface area contributed by atoms with Crippen molar-refractivity contribution in [3.63, 3.8) is 0 Å². The number of para-hydroxylation sites is 1. The van der Waals surface area contributed by atoms with E-state index in [1.165, 1.54) is 0 Å². The van der Waals surface area contributed by atoms with E-state index in [9.17, 15) is 0 Å². The van der Waals surface area contributed by atoms with Gasteiger partial charge in [-0.05, 0) is 42.3 Å². The summed E-state index contributed by atoms with van der Waals surface area (Å²) in [6.07, 6.45) is 3.61. The minimum absolute atomic E-state index is 0. The van der Waals surface area contributed by atoms with Gasteiger partial charge >= 0.3 is 0 Å². The fourth-order valence-corrected chi connectivity index (χ4v) is 3.35. The number of hydrazone groups is 1. The average Bonchev–Trinajstić information content (AvgIpc) is 2.69. The van der Waals surface area contributed by atoms with Crippen LogP contribution in [0.4, 0.5) is 11.4 Å². The maximum Gasteiger partial charge on any atom is 0.0951 e. The molecule has 0 atom stereocenters. The molecule has 1 aromatic heterocycles. The first-order valence-corrected chi connectivity index (χ1v) is 9.90. The second kappa shape index (κ2) is 11.1. The lowest BCUT2D eigenvalue weighted by Gasteiger charge is -2.23. The molecule has 7 heteroatoms. The van der Waals surface area contributed by atoms with Gasteiger partial charge < -0.3 is 4.90 Å². The lowest BCUT2D eigenvalue weighted by Crippen LogP contribution is -2.27. The molecular formula is C21H23Cl3N4. The van der Waals surface area contributed by atoms with Gasteiger partial charge in [0.1, 0.15) is 0 Å². The van der Waals surface area contributed by atoms with Gasteiger partial charge in [-0.25, -0.2) is 0 Å². The third kappa shape index (κ3) is 5.51. The number of rotatable bonds is 8. The molecule has 0 spiro atoms. The van der Waals surface area contributed by atoms with Gasteiger partial charge in [0.25, 0.3) is 0 Å². The number of hydrogen-bond donors (Lipinski definition) is 1. The minimum Gasteiger partial charge on any atom is -0.369 e. The molecule has 0 aliphatic heterocycles. The largest absolute Gasteiger partial charge is 0.369 e. The number of pyridine rings is 1. The summed E-state index contributed by atoms with van der Waals surface area (Å²) in [5.74, 6) is 1.14. The minimum atomic E-state index is 0. The highest BCUT2D eigenvalue weighted by molar-refractivity contribution is 6.18. The number of anilines is 2. The van der Waals surface area contributed by atoms with Crippen molar-refractivity contribution in [2.24, 2.45) is 5.10 Å². The van der Waals surface area contributed by atoms with E-state index in [0.717, 1.165) is 46.5 Å². The Balaban J connectivity index is 0.00000280. The summed E-state index contributed by atoms with van der Waals surface area (Å²) in [6.45, 7) is 3.62. The topological polar surface area (TPSA) is 40.5 Å². The van der Waals surface area contributed by atoms with Gasteiger partial charge in [0.05, 0.1) is 17.4 Å². The molecule has 1 heterocycles. The molecule has 0 saturated heterocycles. The first-order valence-electron chi connectivity index (χ1n) is 8.83. The Morgan fingerprint density at radius 2 is 1.82 bits per heavy atom. The normalized spacial score (nSPS) is 10.8. The van der Waals surface area contributed by atoms with E-state index in [-0.39, 0.29) is 12.4 Å². The molecule has 3 aromatic rings. The summed E-state index contributed by atoms with van der Waals surface area (Å²) < 4.78 is 0. The highest BCUT2D eigenvalue weighted by Crippen LogP contribution is 2.21. The fraction of sp³-hybridized carbons (Fsp3) is 0.238. The zero-order valence-electron chi connectivity index (χ0n) is 15.6. The molecule has 0 radical (unpaired) electrons. The number of aryl methyl sites for hydroxylation is 1. The van der Waals surface area contributed by atoms with Crippen LogP contribution in [-0.4, -0.2) is 36.0 Å². The molecule has 1 N–H and O–H groups in total. The number of nitrogens with zero attached hydrogens (tertiary/aromatic N) is 3. The predicted molar refractivity (Wildman–Crippen MR) is 125 cm³/mol. The second-order valence-corrected chi connectivity index (χ2v) is 6.91. The van der Waals surface area contributed by atoms with Crippen LogP contribution in [0.3, 0.4) is 0 Å². The highest BCUT2D eigenvalue weighted by Gasteiger charge is 2.07. The third-order valence-electron chi connectivity index (χ3n) is 4.35. The van der Waals surface area contributed by atoms with Crippen LogP contribution in [0, 0.1) is 6.92 Å². The van der Waals surface area contributed by atoms with Crippen LogP contribution in [0.5, 0.6) is 0 Å². The van der Waals surface area contributed by atoms with Crippen molar-refractivity contribution < 1.29 is 0 Å². The van der Waals surface area contributed by atoms with Gasteiger partial charge in [0.15, 0.2) is 0 Å². The molecule has 0 fully saturated rings. The smallest absolute Gasteiger partial charge is 0.0951 e. The number of aromatic nitrogens is 1. The van der Waals surface area contributed by atoms with Crippen molar-refractivity contribution in [2.75, 3.05) is 35.2 Å². The summed E-state index contributed by atoms with van der Waals surface area (Å²) in [7, 11) is 0. The molecule has 148 valence electrons. The van der Waals surface area contributed by atoms with Crippen molar-refractivity contribution in [3.8, 4) is 0 Å². The molecule has 28 heavy (non-hydrogen) atoms. The van der Waals surface area contributed by atoms with Crippen molar-refractivity contribution in [1.29, 1.82) is 0 Å². The van der Waals surface area contributed by atoms with Gasteiger partial charge in [0, 0.05) is 42.1 Å². The Bertz CT molecular complexity index is 919. The molecule has 0 saturated carbocycles. The molecule has 3 rings (SSSR count). The van der Waals surface area contributed by atoms with Gasteiger partial charge in [-0.15, -0.1) is 35.6 Å². The van der Waals surface area contributed by atoms with Crippen molar-refractivity contribution in [1.82, 2.24) is 4.98 Å². The van der Waals surface area contributed by atoms with Crippen LogP contribution >= 0.6 is 35.6 Å². The lowest BCUT2D eigenvalue weighted by atomic mass is 10.1. The monoisotopic (exact) mass is 436 g/mol. The van der Waals surface area contributed by atoms with Gasteiger partial charge in [-0.3, -0.25) is 10.4 Å². The SMILES string of the molecule is Cc1cc(N(CCCl)CCCl)ccc1/C=N/Nc1cccc2cccnc12.Cl. The van der Waals surface area contributed by atoms with Crippen molar-refractivity contribution in [2.45, 2.75) is 6.92 Å². The third-order valence-corrected chi connectivity index (χ3v) is 4.69. The van der Waals surface area contributed by atoms with E-state index < -0.39 is 0 Å². The average molecular weight is 438 g/mol. The van der Waals surface area contributed by atoms with E-state index in [4.69, 9.17) is 23.2 Å². The van der Waals surface area contributed by atoms with Crippen LogP contribution in [0.2, 0.25) is 0 Å². The van der Waals surface area contributed by atoms with E-state index in [2.05, 4.69) is 45.5 Å². The van der Waals surface area contributed by atoms with Crippen LogP contribution < -0.4 is 10.3 Å². The lowest BCUT2D eigenvalue weighted by molar-refractivity contribution is 0.873. The molecule has 0 amide bonds. The molecule has 0 aliphatic carbocycles. The van der Waals surface area contributed by atoms with Gasteiger partial charge in [0.2, 0.25) is 0 Å². The Morgan fingerprint density at radius 1 is 1.07 bits per heavy atom. The number of fused-ring (bicyclic) bond motifs is 1. The summed E-state index contributed by atoms with van der Waals surface area (Å²) in [4.78, 5) is 6.62. The Labute approximate surface area is 182 Å². The molecule has 0 aliphatic rings. The van der Waals surface area contributed by atoms with E-state index in [1.54, 1.807) is 6.20 Å². The number of halogens is 3. The summed E-state index contributed by atoms with van der Waals surface area (Å²) in [6, 6.07) is 16.2. The Morgan fingerprint density at radius 3 is 2.54 bits per heavy atom. The summed E-state index contributed by atoms with van der Waals surface area (Å²) in [5.41, 5.74) is 8.21. The maximum absolute atomic E-state index is 5.90. The van der Waals surface area contributed by atoms with Crippen LogP contribution in [0.1, 0.15) is 11.1 Å². The van der Waals surface area contributed by atoms with Crippen molar-refractivity contribution in [3.05, 3.63) is 65.9 Å². The number of benzene rings is 2. The maximum atomic E-state index is 5.90. The first-order chi connectivity index (χ1) is 13.2. The van der Waals surface area contributed by atoms with E-state index >= 15 is 0 Å². The Hall–Kier alpha value is -2.01. The second-order valence-electron chi connectivity index (χ2n) is 6.16. The highest BCUT2D eigenvalue weighted by atomic mass is 35.5. The number of alkyl halides is 2. The standard InChI is InChI=1S/C21H22Cl2N4.ClH/c1-16-14-19(27(12-9-22)13-10-23)8-7-18(16)15-25-26-20-6-2-4-17-5-3-11-24-21(17)20;/h2-8,11,14-15,26H,9-10,12-13H2,1H3;1H/b25-15+;. The molecular weight excluding hydrogens is 415 g/mol. The molecule has 4 nitrogen and oxygen atoms in total. The zero-order valence-corrected chi connectivity index (χ0v) is 17.9. The fourth-order valence-electron chi connectivity index (χ4n) is 2.94. The van der Waals surface area contributed by atoms with Gasteiger partial charge in [-0.2, -0.15) is 5.10 Å². The van der Waals surface area contributed by atoms with E-state index in [0.29, 0.717) is 11.8 Å². The number of hydrogen-bond acceptors (Lipinski definition) is 4. The summed E-state index contributed by atoms with van der Waals surface area (Å²) >= 11 is 11.8. The predicted octanol–water partition coefficient (Wildman–Crippen LogP) is 5.70. The quantitative estimate of drug-likeness (QED) is 0.279. The Kier molecular flexibility index (Phi) is 8.84. The number of nitrogens with one attached hydrogen (secondary N) is 1. The molecule has 0 bridgehead atoms. The summed E-state index contributed by atoms with van der Waals surface area (Å²) in [5, 5.41) is 5.48. The molecule has 2 aromatic carbocycles. The zero-order chi connectivity index (χ0) is 19.1.